The number of fused-ring (bicyclic) bond motifs is 1. The first kappa shape index (κ1) is 20.3. The summed E-state index contributed by atoms with van der Waals surface area (Å²) in [7, 11) is 0. The van der Waals surface area contributed by atoms with E-state index in [9.17, 15) is 9.18 Å². The topological polar surface area (TPSA) is 63.1 Å². The van der Waals surface area contributed by atoms with Crippen molar-refractivity contribution in [2.24, 2.45) is 0 Å². The highest BCUT2D eigenvalue weighted by Crippen LogP contribution is 2.25. The third-order valence-electron chi connectivity index (χ3n) is 5.69. The van der Waals surface area contributed by atoms with E-state index in [1.165, 1.54) is 6.07 Å². The number of anilines is 1. The molecule has 0 saturated carbocycles. The molecule has 30 heavy (non-hydrogen) atoms. The summed E-state index contributed by atoms with van der Waals surface area (Å²) < 4.78 is 16.2. The molecule has 1 unspecified atom stereocenters. The molecule has 1 aliphatic rings. The van der Waals surface area contributed by atoms with Crippen LogP contribution in [-0.2, 0) is 0 Å². The maximum absolute atomic E-state index is 14.3. The lowest BCUT2D eigenvalue weighted by Crippen LogP contribution is -2.48. The van der Waals surface area contributed by atoms with Gasteiger partial charge in [-0.1, -0.05) is 6.07 Å². The minimum Gasteiger partial charge on any atom is -0.367 e. The van der Waals surface area contributed by atoms with Crippen molar-refractivity contribution < 1.29 is 9.18 Å². The number of halogens is 1. The van der Waals surface area contributed by atoms with E-state index in [0.717, 1.165) is 36.0 Å². The smallest absolute Gasteiger partial charge is 0.253 e. The summed E-state index contributed by atoms with van der Waals surface area (Å²) in [5.74, 6) is -0.365. The molecule has 1 N–H and O–H groups in total. The molecule has 3 aromatic rings. The summed E-state index contributed by atoms with van der Waals surface area (Å²) in [4.78, 5) is 19.7. The highest BCUT2D eigenvalue weighted by molar-refractivity contribution is 5.98. The van der Waals surface area contributed by atoms with Crippen molar-refractivity contribution in [3.8, 4) is 0 Å². The Labute approximate surface area is 176 Å². The van der Waals surface area contributed by atoms with Crippen molar-refractivity contribution in [3.63, 3.8) is 0 Å². The second kappa shape index (κ2) is 8.05. The SMILES string of the molecule is Cc1ccc(F)c(N2CCCC(NC(=O)c3cc4cnn(C(C)C)c4nc3C)C2)c1. The number of aromatic nitrogens is 3. The molecule has 0 bridgehead atoms. The third kappa shape index (κ3) is 3.88. The molecule has 2 aromatic heterocycles. The Morgan fingerprint density at radius 1 is 1.27 bits per heavy atom. The second-order valence-electron chi connectivity index (χ2n) is 8.43. The minimum absolute atomic E-state index is 0.0420. The first-order chi connectivity index (χ1) is 14.3. The first-order valence-corrected chi connectivity index (χ1v) is 10.5. The van der Waals surface area contributed by atoms with E-state index >= 15 is 0 Å². The summed E-state index contributed by atoms with van der Waals surface area (Å²) in [6, 6.07) is 7.17. The third-order valence-corrected chi connectivity index (χ3v) is 5.69. The minimum atomic E-state index is -0.222. The Bertz CT molecular complexity index is 1090. The van der Waals surface area contributed by atoms with Gasteiger partial charge in [0.2, 0.25) is 0 Å². The van der Waals surface area contributed by atoms with E-state index in [1.807, 2.05) is 35.6 Å². The van der Waals surface area contributed by atoms with Gasteiger partial charge in [0.15, 0.2) is 5.65 Å². The van der Waals surface area contributed by atoms with Crippen molar-refractivity contribution in [2.45, 2.75) is 52.6 Å². The molecule has 3 heterocycles. The molecule has 1 atom stereocenters. The number of hydrogen-bond acceptors (Lipinski definition) is 4. The summed E-state index contributed by atoms with van der Waals surface area (Å²) in [5.41, 5.74) is 3.66. The number of hydrogen-bond donors (Lipinski definition) is 1. The maximum atomic E-state index is 14.3. The normalized spacial score (nSPS) is 17.0. The van der Waals surface area contributed by atoms with Crippen molar-refractivity contribution in [1.29, 1.82) is 0 Å². The number of nitrogens with zero attached hydrogens (tertiary/aromatic N) is 4. The molecule has 4 rings (SSSR count). The Hall–Kier alpha value is -2.96. The van der Waals surface area contributed by atoms with E-state index in [2.05, 4.69) is 29.2 Å². The van der Waals surface area contributed by atoms with Crippen LogP contribution in [0.25, 0.3) is 11.0 Å². The molecular formula is C23H28FN5O. The Kier molecular flexibility index (Phi) is 5.45. The van der Waals surface area contributed by atoms with Crippen molar-refractivity contribution >= 4 is 22.6 Å². The van der Waals surface area contributed by atoms with Gasteiger partial charge in [-0.05, 0) is 64.3 Å². The summed E-state index contributed by atoms with van der Waals surface area (Å²) in [6.07, 6.45) is 3.52. The fraction of sp³-hybridized carbons (Fsp3) is 0.435. The number of carbonyl (C=O) groups excluding carboxylic acids is 1. The van der Waals surface area contributed by atoms with Crippen LogP contribution in [0.15, 0.2) is 30.5 Å². The van der Waals surface area contributed by atoms with Gasteiger partial charge in [0.05, 0.1) is 23.1 Å². The highest BCUT2D eigenvalue weighted by atomic mass is 19.1. The Morgan fingerprint density at radius 2 is 2.07 bits per heavy atom. The van der Waals surface area contributed by atoms with E-state index in [4.69, 9.17) is 0 Å². The Morgan fingerprint density at radius 3 is 2.83 bits per heavy atom. The lowest BCUT2D eigenvalue weighted by atomic mass is 10.0. The average molecular weight is 410 g/mol. The van der Waals surface area contributed by atoms with Crippen molar-refractivity contribution in [1.82, 2.24) is 20.1 Å². The Balaban J connectivity index is 1.52. The molecule has 1 aromatic carbocycles. The van der Waals surface area contributed by atoms with Crippen LogP contribution in [0.3, 0.4) is 0 Å². The fourth-order valence-electron chi connectivity index (χ4n) is 4.12. The van der Waals surface area contributed by atoms with Gasteiger partial charge >= 0.3 is 0 Å². The summed E-state index contributed by atoms with van der Waals surface area (Å²) in [5, 5.41) is 8.38. The van der Waals surface area contributed by atoms with Gasteiger partial charge < -0.3 is 10.2 Å². The summed E-state index contributed by atoms with van der Waals surface area (Å²) in [6.45, 7) is 9.28. The second-order valence-corrected chi connectivity index (χ2v) is 8.43. The molecular weight excluding hydrogens is 381 g/mol. The van der Waals surface area contributed by atoms with Crippen LogP contribution >= 0.6 is 0 Å². The zero-order valence-electron chi connectivity index (χ0n) is 17.9. The van der Waals surface area contributed by atoms with Crippen LogP contribution in [0.5, 0.6) is 0 Å². The molecule has 0 aliphatic carbocycles. The predicted octanol–water partition coefficient (Wildman–Crippen LogP) is 4.17. The largest absolute Gasteiger partial charge is 0.367 e. The van der Waals surface area contributed by atoms with Gasteiger partial charge in [-0.25, -0.2) is 14.1 Å². The van der Waals surface area contributed by atoms with Crippen molar-refractivity contribution in [2.75, 3.05) is 18.0 Å². The van der Waals surface area contributed by atoms with Gasteiger partial charge in [0.1, 0.15) is 5.82 Å². The molecule has 7 heteroatoms. The van der Waals surface area contributed by atoms with Crippen LogP contribution in [0, 0.1) is 19.7 Å². The van der Waals surface area contributed by atoms with Gasteiger partial charge in [0, 0.05) is 30.6 Å². The number of pyridine rings is 1. The highest BCUT2D eigenvalue weighted by Gasteiger charge is 2.25. The molecule has 0 spiro atoms. The van der Waals surface area contributed by atoms with Crippen LogP contribution in [0.1, 0.15) is 54.3 Å². The van der Waals surface area contributed by atoms with Crippen LogP contribution in [0.2, 0.25) is 0 Å². The van der Waals surface area contributed by atoms with Crippen molar-refractivity contribution in [3.05, 3.63) is 53.1 Å². The monoisotopic (exact) mass is 409 g/mol. The quantitative estimate of drug-likeness (QED) is 0.703. The number of nitrogens with one attached hydrogen (secondary N) is 1. The molecule has 6 nitrogen and oxygen atoms in total. The van der Waals surface area contributed by atoms with Crippen LogP contribution in [0.4, 0.5) is 10.1 Å². The number of carbonyl (C=O) groups is 1. The number of amides is 1. The number of benzene rings is 1. The van der Waals surface area contributed by atoms with E-state index in [-0.39, 0.29) is 23.8 Å². The van der Waals surface area contributed by atoms with E-state index < -0.39 is 0 Å². The predicted molar refractivity (Wildman–Crippen MR) is 116 cm³/mol. The number of rotatable bonds is 4. The maximum Gasteiger partial charge on any atom is 0.253 e. The van der Waals surface area contributed by atoms with Crippen LogP contribution in [-0.4, -0.2) is 39.8 Å². The molecule has 1 saturated heterocycles. The molecule has 0 radical (unpaired) electrons. The zero-order chi connectivity index (χ0) is 21.4. The molecule has 1 fully saturated rings. The average Bonchev–Trinajstić information content (AvgIpc) is 3.12. The first-order valence-electron chi connectivity index (χ1n) is 10.5. The molecule has 1 amide bonds. The number of piperidine rings is 1. The standard InChI is InChI=1S/C23H28FN5O/c1-14(2)29-22-17(12-25-29)11-19(16(4)26-22)23(30)27-18-6-5-9-28(13-18)21-10-15(3)7-8-20(21)24/h7-8,10-12,14,18H,5-6,9,13H2,1-4H3,(H,27,30). The number of aryl methyl sites for hydroxylation is 2. The fourth-order valence-corrected chi connectivity index (χ4v) is 4.12. The van der Waals surface area contributed by atoms with Gasteiger partial charge in [-0.15, -0.1) is 0 Å². The summed E-state index contributed by atoms with van der Waals surface area (Å²) >= 11 is 0. The molecule has 158 valence electrons. The van der Waals surface area contributed by atoms with Gasteiger partial charge in [-0.3, -0.25) is 4.79 Å². The van der Waals surface area contributed by atoms with E-state index in [0.29, 0.717) is 23.5 Å². The van der Waals surface area contributed by atoms with Gasteiger partial charge in [0.25, 0.3) is 5.91 Å². The van der Waals surface area contributed by atoms with Crippen LogP contribution < -0.4 is 10.2 Å². The van der Waals surface area contributed by atoms with E-state index in [1.54, 1.807) is 12.3 Å². The van der Waals surface area contributed by atoms with Gasteiger partial charge in [-0.2, -0.15) is 5.10 Å². The zero-order valence-corrected chi connectivity index (χ0v) is 17.9. The lowest BCUT2D eigenvalue weighted by Gasteiger charge is -2.35. The lowest BCUT2D eigenvalue weighted by molar-refractivity contribution is 0.0932. The molecule has 1 aliphatic heterocycles.